The van der Waals surface area contributed by atoms with Crippen molar-refractivity contribution in [2.45, 2.75) is 45.6 Å². The Kier molecular flexibility index (Phi) is 3.33. The van der Waals surface area contributed by atoms with Crippen molar-refractivity contribution in [3.8, 4) is 0 Å². The van der Waals surface area contributed by atoms with Crippen LogP contribution in [-0.2, 0) is 0 Å². The lowest BCUT2D eigenvalue weighted by atomic mass is 10.2. The van der Waals surface area contributed by atoms with Crippen LogP contribution in [0.5, 0.6) is 0 Å². The third-order valence-electron chi connectivity index (χ3n) is 3.06. The zero-order valence-corrected chi connectivity index (χ0v) is 10.8. The van der Waals surface area contributed by atoms with Crippen LogP contribution in [0.25, 0.3) is 0 Å². The predicted molar refractivity (Wildman–Crippen MR) is 67.2 cm³/mol. The highest BCUT2D eigenvalue weighted by Gasteiger charge is 2.22. The number of anilines is 1. The van der Waals surface area contributed by atoms with Crippen molar-refractivity contribution in [3.63, 3.8) is 0 Å². The van der Waals surface area contributed by atoms with Crippen LogP contribution in [0.4, 0.5) is 5.82 Å². The molecule has 0 aromatic carbocycles. The molecule has 1 unspecified atom stereocenters. The SMILES string of the molecule is CC(C)c1nc(Cl)cc(N2CCCC2C)n1. The van der Waals surface area contributed by atoms with Crippen LogP contribution in [0.2, 0.25) is 5.15 Å². The van der Waals surface area contributed by atoms with Gasteiger partial charge in [-0.3, -0.25) is 0 Å². The van der Waals surface area contributed by atoms with Crippen LogP contribution in [0.1, 0.15) is 45.4 Å². The van der Waals surface area contributed by atoms with Gasteiger partial charge in [-0.15, -0.1) is 0 Å². The first-order chi connectivity index (χ1) is 7.58. The summed E-state index contributed by atoms with van der Waals surface area (Å²) < 4.78 is 0. The second kappa shape index (κ2) is 4.58. The number of halogens is 1. The Balaban J connectivity index is 2.33. The summed E-state index contributed by atoms with van der Waals surface area (Å²) in [6.07, 6.45) is 2.47. The molecule has 3 nitrogen and oxygen atoms in total. The monoisotopic (exact) mass is 239 g/mol. The minimum Gasteiger partial charge on any atom is -0.354 e. The summed E-state index contributed by atoms with van der Waals surface area (Å²) >= 11 is 6.04. The molecule has 1 aliphatic rings. The Morgan fingerprint density at radius 1 is 1.44 bits per heavy atom. The summed E-state index contributed by atoms with van der Waals surface area (Å²) in [5.41, 5.74) is 0. The van der Waals surface area contributed by atoms with Gasteiger partial charge in [-0.25, -0.2) is 9.97 Å². The van der Waals surface area contributed by atoms with Crippen LogP contribution in [0, 0.1) is 0 Å². The van der Waals surface area contributed by atoms with Crippen molar-refractivity contribution in [1.82, 2.24) is 9.97 Å². The van der Waals surface area contributed by atoms with Gasteiger partial charge in [0.15, 0.2) is 0 Å². The fourth-order valence-electron chi connectivity index (χ4n) is 2.10. The minimum atomic E-state index is 0.315. The van der Waals surface area contributed by atoms with E-state index in [2.05, 4.69) is 35.6 Å². The molecular weight excluding hydrogens is 222 g/mol. The molecule has 1 fully saturated rings. The van der Waals surface area contributed by atoms with E-state index in [1.807, 2.05) is 6.07 Å². The molecular formula is C12H18ClN3. The Labute approximate surface area is 102 Å². The van der Waals surface area contributed by atoms with Gasteiger partial charge in [-0.1, -0.05) is 25.4 Å². The van der Waals surface area contributed by atoms with E-state index in [1.165, 1.54) is 12.8 Å². The summed E-state index contributed by atoms with van der Waals surface area (Å²) in [6, 6.07) is 2.43. The molecule has 16 heavy (non-hydrogen) atoms. The zero-order valence-electron chi connectivity index (χ0n) is 10.1. The molecule has 0 amide bonds. The molecule has 1 atom stereocenters. The van der Waals surface area contributed by atoms with E-state index in [9.17, 15) is 0 Å². The van der Waals surface area contributed by atoms with Gasteiger partial charge < -0.3 is 4.90 Å². The summed E-state index contributed by atoms with van der Waals surface area (Å²) in [6.45, 7) is 7.48. The lowest BCUT2D eigenvalue weighted by Gasteiger charge is -2.23. The van der Waals surface area contributed by atoms with E-state index in [1.54, 1.807) is 0 Å². The average molecular weight is 240 g/mol. The van der Waals surface area contributed by atoms with Crippen molar-refractivity contribution < 1.29 is 0 Å². The standard InChI is InChI=1S/C12H18ClN3/c1-8(2)12-14-10(13)7-11(15-12)16-6-4-5-9(16)3/h7-9H,4-6H2,1-3H3. The lowest BCUT2D eigenvalue weighted by molar-refractivity contribution is 0.711. The highest BCUT2D eigenvalue weighted by molar-refractivity contribution is 6.29. The second-order valence-corrected chi connectivity index (χ2v) is 5.13. The van der Waals surface area contributed by atoms with Crippen molar-refractivity contribution in [1.29, 1.82) is 0 Å². The molecule has 1 aliphatic heterocycles. The fraction of sp³-hybridized carbons (Fsp3) is 0.667. The Bertz CT molecular complexity index is 379. The first-order valence-electron chi connectivity index (χ1n) is 5.89. The Hall–Kier alpha value is -0.830. The third kappa shape index (κ3) is 2.29. The topological polar surface area (TPSA) is 29.0 Å². The van der Waals surface area contributed by atoms with Crippen LogP contribution >= 0.6 is 11.6 Å². The summed E-state index contributed by atoms with van der Waals surface area (Å²) in [5, 5.41) is 0.549. The van der Waals surface area contributed by atoms with E-state index in [-0.39, 0.29) is 0 Å². The van der Waals surface area contributed by atoms with Gasteiger partial charge in [-0.2, -0.15) is 0 Å². The number of nitrogens with zero attached hydrogens (tertiary/aromatic N) is 3. The molecule has 1 saturated heterocycles. The van der Waals surface area contributed by atoms with Crippen molar-refractivity contribution >= 4 is 17.4 Å². The summed E-state index contributed by atoms with van der Waals surface area (Å²) in [4.78, 5) is 11.2. The molecule has 0 bridgehead atoms. The van der Waals surface area contributed by atoms with E-state index >= 15 is 0 Å². The van der Waals surface area contributed by atoms with E-state index in [4.69, 9.17) is 11.6 Å². The predicted octanol–water partition coefficient (Wildman–Crippen LogP) is 3.24. The molecule has 1 aromatic rings. The Morgan fingerprint density at radius 2 is 2.19 bits per heavy atom. The van der Waals surface area contributed by atoms with E-state index in [0.717, 1.165) is 18.2 Å². The summed E-state index contributed by atoms with van der Waals surface area (Å²) in [5.74, 6) is 2.13. The molecule has 0 saturated carbocycles. The largest absolute Gasteiger partial charge is 0.354 e. The molecule has 4 heteroatoms. The zero-order chi connectivity index (χ0) is 11.7. The number of hydrogen-bond acceptors (Lipinski definition) is 3. The molecule has 88 valence electrons. The maximum Gasteiger partial charge on any atom is 0.135 e. The normalized spacial score (nSPS) is 20.8. The second-order valence-electron chi connectivity index (χ2n) is 4.75. The van der Waals surface area contributed by atoms with Crippen molar-refractivity contribution in [3.05, 3.63) is 17.0 Å². The number of aromatic nitrogens is 2. The van der Waals surface area contributed by atoms with Gasteiger partial charge in [0.2, 0.25) is 0 Å². The highest BCUT2D eigenvalue weighted by Crippen LogP contribution is 2.26. The maximum absolute atomic E-state index is 6.04. The highest BCUT2D eigenvalue weighted by atomic mass is 35.5. The summed E-state index contributed by atoms with van der Waals surface area (Å²) in [7, 11) is 0. The van der Waals surface area contributed by atoms with Gasteiger partial charge in [0.05, 0.1) is 0 Å². The molecule has 0 aliphatic carbocycles. The van der Waals surface area contributed by atoms with E-state index in [0.29, 0.717) is 17.1 Å². The third-order valence-corrected chi connectivity index (χ3v) is 3.26. The fourth-order valence-corrected chi connectivity index (χ4v) is 2.29. The van der Waals surface area contributed by atoms with Crippen LogP contribution in [0.15, 0.2) is 6.07 Å². The van der Waals surface area contributed by atoms with Crippen LogP contribution in [-0.4, -0.2) is 22.6 Å². The quantitative estimate of drug-likeness (QED) is 0.742. The van der Waals surface area contributed by atoms with Crippen molar-refractivity contribution in [2.75, 3.05) is 11.4 Å². The molecule has 0 spiro atoms. The van der Waals surface area contributed by atoms with E-state index < -0.39 is 0 Å². The van der Waals surface area contributed by atoms with Crippen molar-refractivity contribution in [2.24, 2.45) is 0 Å². The van der Waals surface area contributed by atoms with Gasteiger partial charge in [0.1, 0.15) is 16.8 Å². The first kappa shape index (κ1) is 11.6. The molecule has 0 radical (unpaired) electrons. The van der Waals surface area contributed by atoms with Crippen LogP contribution < -0.4 is 4.90 Å². The van der Waals surface area contributed by atoms with Gasteiger partial charge in [0, 0.05) is 24.6 Å². The maximum atomic E-state index is 6.04. The molecule has 2 rings (SSSR count). The number of rotatable bonds is 2. The molecule has 1 aromatic heterocycles. The minimum absolute atomic E-state index is 0.315. The lowest BCUT2D eigenvalue weighted by Crippen LogP contribution is -2.27. The first-order valence-corrected chi connectivity index (χ1v) is 6.27. The molecule has 0 N–H and O–H groups in total. The Morgan fingerprint density at radius 3 is 2.75 bits per heavy atom. The van der Waals surface area contributed by atoms with Gasteiger partial charge in [-0.05, 0) is 19.8 Å². The van der Waals surface area contributed by atoms with Crippen LogP contribution in [0.3, 0.4) is 0 Å². The average Bonchev–Trinajstić information content (AvgIpc) is 2.63. The smallest absolute Gasteiger partial charge is 0.135 e. The van der Waals surface area contributed by atoms with Gasteiger partial charge in [0.25, 0.3) is 0 Å². The molecule has 2 heterocycles. The number of hydrogen-bond donors (Lipinski definition) is 0. The van der Waals surface area contributed by atoms with Gasteiger partial charge >= 0.3 is 0 Å².